The average Bonchev–Trinajstić information content (AvgIpc) is 2.25. The number of likely N-dealkylation sites (tertiary alicyclic amines) is 1. The molecule has 1 aliphatic carbocycles. The highest BCUT2D eigenvalue weighted by Gasteiger charge is 2.47. The number of aliphatic hydroxyl groups excluding tert-OH is 1. The van der Waals surface area contributed by atoms with Gasteiger partial charge in [0.15, 0.2) is 0 Å². The molecule has 2 rings (SSSR count). The number of hydrogen-bond donors (Lipinski definition) is 1. The highest BCUT2D eigenvalue weighted by atomic mass is 16.3. The number of rotatable bonds is 0. The van der Waals surface area contributed by atoms with Gasteiger partial charge in [-0.05, 0) is 12.2 Å². The van der Waals surface area contributed by atoms with Gasteiger partial charge in [0.1, 0.15) is 6.10 Å². The van der Waals surface area contributed by atoms with Crippen molar-refractivity contribution < 1.29 is 9.90 Å². The zero-order valence-electron chi connectivity index (χ0n) is 8.40. The van der Waals surface area contributed by atoms with E-state index in [9.17, 15) is 9.90 Å². The van der Waals surface area contributed by atoms with Crippen molar-refractivity contribution in [2.45, 2.75) is 18.6 Å². The van der Waals surface area contributed by atoms with Crippen molar-refractivity contribution in [2.24, 2.45) is 5.92 Å². The van der Waals surface area contributed by atoms with Crippen LogP contribution in [0.25, 0.3) is 0 Å². The van der Waals surface area contributed by atoms with E-state index in [1.807, 2.05) is 0 Å². The summed E-state index contributed by atoms with van der Waals surface area (Å²) in [5.41, 5.74) is 0. The summed E-state index contributed by atoms with van der Waals surface area (Å²) in [5.74, 6) is 10.9. The van der Waals surface area contributed by atoms with Gasteiger partial charge in [-0.2, -0.15) is 0 Å². The zero-order chi connectivity index (χ0) is 10.8. The van der Waals surface area contributed by atoms with Crippen molar-refractivity contribution in [3.05, 3.63) is 12.2 Å². The van der Waals surface area contributed by atoms with Crippen molar-refractivity contribution in [1.82, 2.24) is 4.90 Å². The number of likely N-dealkylation sites (N-methyl/N-ethyl adjacent to an activating group) is 1. The van der Waals surface area contributed by atoms with Gasteiger partial charge in [0.05, 0.1) is 12.0 Å². The second-order valence-corrected chi connectivity index (χ2v) is 3.64. The van der Waals surface area contributed by atoms with E-state index in [1.165, 1.54) is 4.90 Å². The topological polar surface area (TPSA) is 40.5 Å². The Morgan fingerprint density at radius 3 is 3.00 bits per heavy atom. The van der Waals surface area contributed by atoms with Gasteiger partial charge in [0.25, 0.3) is 0 Å². The molecule has 3 nitrogen and oxygen atoms in total. The summed E-state index contributed by atoms with van der Waals surface area (Å²) in [5, 5.41) is 9.76. The van der Waals surface area contributed by atoms with Gasteiger partial charge < -0.3 is 10.0 Å². The quantitative estimate of drug-likeness (QED) is 0.434. The van der Waals surface area contributed by atoms with Gasteiger partial charge >= 0.3 is 0 Å². The minimum absolute atomic E-state index is 0.0414. The number of carbonyl (C=O) groups is 1. The first-order valence-corrected chi connectivity index (χ1v) is 4.81. The lowest BCUT2D eigenvalue weighted by molar-refractivity contribution is -0.158. The van der Waals surface area contributed by atoms with Crippen LogP contribution in [-0.2, 0) is 4.79 Å². The summed E-state index contributed by atoms with van der Waals surface area (Å²) in [6, 6.07) is -0.203. The Morgan fingerprint density at radius 1 is 1.47 bits per heavy atom. The molecule has 1 heterocycles. The first-order chi connectivity index (χ1) is 7.22. The van der Waals surface area contributed by atoms with Gasteiger partial charge in [0.2, 0.25) is 5.91 Å². The maximum absolute atomic E-state index is 11.5. The van der Waals surface area contributed by atoms with E-state index in [-0.39, 0.29) is 17.9 Å². The fraction of sp³-hybridized carbons (Fsp3) is 0.417. The molecule has 15 heavy (non-hydrogen) atoms. The van der Waals surface area contributed by atoms with Crippen LogP contribution in [0.3, 0.4) is 0 Å². The van der Waals surface area contributed by atoms with E-state index >= 15 is 0 Å². The first kappa shape index (κ1) is 9.83. The minimum Gasteiger partial charge on any atom is -0.378 e. The lowest BCUT2D eigenvalue weighted by Gasteiger charge is -2.45. The average molecular weight is 201 g/mol. The molecule has 0 radical (unpaired) electrons. The second kappa shape index (κ2) is 3.81. The summed E-state index contributed by atoms with van der Waals surface area (Å²) in [7, 11) is 1.68. The standard InChI is InChI=1S/C12H11NO2/c1-13-11-9(12(13)15)7-5-3-2-4-6-8-10(11)14/h2,4,9-11,14H,7H2,1H3/b4-2-/t9-,10-,11+/m1/s1. The third-order valence-electron chi connectivity index (χ3n) is 2.75. The molecule has 76 valence electrons. The van der Waals surface area contributed by atoms with E-state index in [1.54, 1.807) is 19.2 Å². The molecule has 1 N–H and O–H groups in total. The van der Waals surface area contributed by atoms with E-state index in [2.05, 4.69) is 23.7 Å². The Hall–Kier alpha value is -1.71. The predicted octanol–water partition coefficient (Wildman–Crippen LogP) is -0.229. The molecular weight excluding hydrogens is 190 g/mol. The lowest BCUT2D eigenvalue weighted by atomic mass is 9.82. The Labute approximate surface area is 88.8 Å². The molecule has 3 heteroatoms. The van der Waals surface area contributed by atoms with E-state index in [0.29, 0.717) is 6.42 Å². The summed E-state index contributed by atoms with van der Waals surface area (Å²) >= 11 is 0. The molecule has 0 aromatic rings. The molecule has 0 aromatic carbocycles. The number of β-lactam (4-membered cyclic amide) rings is 1. The highest BCUT2D eigenvalue weighted by molar-refractivity contribution is 5.86. The summed E-state index contributed by atoms with van der Waals surface area (Å²) in [6.45, 7) is 0. The van der Waals surface area contributed by atoms with E-state index in [0.717, 1.165) is 0 Å². The predicted molar refractivity (Wildman–Crippen MR) is 55.4 cm³/mol. The van der Waals surface area contributed by atoms with Crippen molar-refractivity contribution in [3.8, 4) is 23.7 Å². The van der Waals surface area contributed by atoms with Gasteiger partial charge in [-0.3, -0.25) is 4.79 Å². The van der Waals surface area contributed by atoms with Crippen LogP contribution in [0.15, 0.2) is 12.2 Å². The first-order valence-electron chi connectivity index (χ1n) is 4.81. The Morgan fingerprint density at radius 2 is 2.20 bits per heavy atom. The molecule has 1 saturated heterocycles. The summed E-state index contributed by atoms with van der Waals surface area (Å²) in [4.78, 5) is 13.0. The van der Waals surface area contributed by atoms with Crippen molar-refractivity contribution in [1.29, 1.82) is 0 Å². The SMILES string of the molecule is CN1C(=O)[C@@H]2CC#C/C=C\C#C[C@@H](O)[C@H]21. The number of aliphatic hydroxyl groups is 1. The van der Waals surface area contributed by atoms with Crippen molar-refractivity contribution in [3.63, 3.8) is 0 Å². The number of nitrogens with zero attached hydrogens (tertiary/aromatic N) is 1. The number of allylic oxidation sites excluding steroid dienone is 2. The molecule has 1 fully saturated rings. The van der Waals surface area contributed by atoms with Crippen LogP contribution in [0, 0.1) is 29.6 Å². The summed E-state index contributed by atoms with van der Waals surface area (Å²) in [6.07, 6.45) is 2.96. The van der Waals surface area contributed by atoms with Crippen molar-refractivity contribution in [2.75, 3.05) is 7.05 Å². The van der Waals surface area contributed by atoms with Crippen LogP contribution < -0.4 is 0 Å². The van der Waals surface area contributed by atoms with Gasteiger partial charge in [-0.25, -0.2) is 0 Å². The molecule has 0 spiro atoms. The molecule has 0 aromatic heterocycles. The molecule has 0 saturated carbocycles. The fourth-order valence-electron chi connectivity index (χ4n) is 1.91. The maximum Gasteiger partial charge on any atom is 0.229 e. The zero-order valence-corrected chi connectivity index (χ0v) is 8.40. The largest absolute Gasteiger partial charge is 0.378 e. The third-order valence-corrected chi connectivity index (χ3v) is 2.75. The molecule has 0 unspecified atom stereocenters. The number of hydrogen-bond acceptors (Lipinski definition) is 2. The monoisotopic (exact) mass is 201 g/mol. The molecule has 2 aliphatic rings. The number of carbonyl (C=O) groups excluding carboxylic acids is 1. The normalized spacial score (nSPS) is 34.9. The second-order valence-electron chi connectivity index (χ2n) is 3.64. The number of fused-ring (bicyclic) bond motifs is 1. The Bertz CT molecular complexity index is 430. The van der Waals surface area contributed by atoms with Crippen molar-refractivity contribution >= 4 is 5.91 Å². The van der Waals surface area contributed by atoms with Crippen LogP contribution in [0.1, 0.15) is 6.42 Å². The molecule has 1 aliphatic heterocycles. The van der Waals surface area contributed by atoms with Crippen LogP contribution in [0.2, 0.25) is 0 Å². The Balaban J connectivity index is 2.26. The summed E-state index contributed by atoms with van der Waals surface area (Å²) < 4.78 is 0. The number of amides is 1. The molecule has 3 atom stereocenters. The van der Waals surface area contributed by atoms with E-state index in [4.69, 9.17) is 0 Å². The Kier molecular flexibility index (Phi) is 2.49. The minimum atomic E-state index is -0.776. The van der Waals surface area contributed by atoms with Crippen LogP contribution >= 0.6 is 0 Å². The van der Waals surface area contributed by atoms with Crippen LogP contribution in [0.4, 0.5) is 0 Å². The highest BCUT2D eigenvalue weighted by Crippen LogP contribution is 2.29. The van der Waals surface area contributed by atoms with Gasteiger partial charge in [0, 0.05) is 13.5 Å². The molecule has 0 bridgehead atoms. The molecular formula is C12H11NO2. The fourth-order valence-corrected chi connectivity index (χ4v) is 1.91. The maximum atomic E-state index is 11.5. The smallest absolute Gasteiger partial charge is 0.229 e. The van der Waals surface area contributed by atoms with Crippen LogP contribution in [-0.4, -0.2) is 35.1 Å². The van der Waals surface area contributed by atoms with E-state index < -0.39 is 6.10 Å². The van der Waals surface area contributed by atoms with Gasteiger partial charge in [-0.1, -0.05) is 23.7 Å². The van der Waals surface area contributed by atoms with Crippen LogP contribution in [0.5, 0.6) is 0 Å². The van der Waals surface area contributed by atoms with Gasteiger partial charge in [-0.15, -0.1) is 0 Å². The lowest BCUT2D eigenvalue weighted by Crippen LogP contribution is -2.63. The molecule has 1 amide bonds. The third kappa shape index (κ3) is 1.63.